The van der Waals surface area contributed by atoms with Gasteiger partial charge >= 0.3 is 0 Å². The fourth-order valence-electron chi connectivity index (χ4n) is 1.52. The number of hydrogen-bond acceptors (Lipinski definition) is 3. The molecule has 3 heteroatoms. The standard InChI is InChI=1S/C14H18O3/c1-4-5-6-7-14(15)11-8-12(16-2)10-13(9-11)17-3/h8-10,14-15H,6-7H2,1-3H3. The highest BCUT2D eigenvalue weighted by Crippen LogP contribution is 2.28. The van der Waals surface area contributed by atoms with Crippen molar-refractivity contribution < 1.29 is 14.6 Å². The summed E-state index contributed by atoms with van der Waals surface area (Å²) in [4.78, 5) is 0. The molecular formula is C14H18O3. The molecule has 1 aromatic rings. The second-order valence-corrected chi connectivity index (χ2v) is 3.63. The van der Waals surface area contributed by atoms with Crippen molar-refractivity contribution in [3.8, 4) is 23.3 Å². The van der Waals surface area contributed by atoms with Crippen molar-refractivity contribution in [1.82, 2.24) is 0 Å². The first kappa shape index (κ1) is 13.4. The van der Waals surface area contributed by atoms with Gasteiger partial charge in [-0.05, 0) is 31.0 Å². The summed E-state index contributed by atoms with van der Waals surface area (Å²) in [7, 11) is 3.18. The zero-order chi connectivity index (χ0) is 12.7. The average molecular weight is 234 g/mol. The van der Waals surface area contributed by atoms with Crippen LogP contribution in [0.5, 0.6) is 11.5 Å². The van der Waals surface area contributed by atoms with E-state index in [1.165, 1.54) is 0 Å². The van der Waals surface area contributed by atoms with Crippen LogP contribution in [-0.4, -0.2) is 19.3 Å². The third-order valence-electron chi connectivity index (χ3n) is 2.48. The van der Waals surface area contributed by atoms with E-state index in [-0.39, 0.29) is 0 Å². The van der Waals surface area contributed by atoms with Crippen LogP contribution < -0.4 is 9.47 Å². The Bertz CT molecular complexity index is 393. The monoisotopic (exact) mass is 234 g/mol. The quantitative estimate of drug-likeness (QED) is 0.796. The lowest BCUT2D eigenvalue weighted by Gasteiger charge is -2.12. The molecular weight excluding hydrogens is 216 g/mol. The highest BCUT2D eigenvalue weighted by atomic mass is 16.5. The molecule has 1 atom stereocenters. The zero-order valence-corrected chi connectivity index (χ0v) is 10.5. The Labute approximate surface area is 102 Å². The fourth-order valence-corrected chi connectivity index (χ4v) is 1.52. The first-order chi connectivity index (χ1) is 8.21. The normalized spacial score (nSPS) is 11.3. The molecule has 0 heterocycles. The summed E-state index contributed by atoms with van der Waals surface area (Å²) in [6.45, 7) is 1.79. The van der Waals surface area contributed by atoms with Crippen LogP contribution in [0.1, 0.15) is 31.4 Å². The van der Waals surface area contributed by atoms with E-state index in [1.54, 1.807) is 27.2 Å². The van der Waals surface area contributed by atoms with Crippen molar-refractivity contribution in [3.05, 3.63) is 23.8 Å². The summed E-state index contributed by atoms with van der Waals surface area (Å²) in [5.41, 5.74) is 0.791. The van der Waals surface area contributed by atoms with Gasteiger partial charge in [-0.1, -0.05) is 0 Å². The largest absolute Gasteiger partial charge is 0.497 e. The average Bonchev–Trinajstić information content (AvgIpc) is 2.38. The van der Waals surface area contributed by atoms with Crippen LogP contribution in [0.3, 0.4) is 0 Å². The summed E-state index contributed by atoms with van der Waals surface area (Å²) in [5, 5.41) is 10.0. The van der Waals surface area contributed by atoms with Gasteiger partial charge in [0.1, 0.15) is 11.5 Å². The molecule has 0 aliphatic rings. The van der Waals surface area contributed by atoms with E-state index in [0.717, 1.165) is 5.56 Å². The second-order valence-electron chi connectivity index (χ2n) is 3.63. The van der Waals surface area contributed by atoms with E-state index in [9.17, 15) is 5.11 Å². The van der Waals surface area contributed by atoms with E-state index in [4.69, 9.17) is 9.47 Å². The Hall–Kier alpha value is -1.66. The van der Waals surface area contributed by atoms with Gasteiger partial charge in [-0.3, -0.25) is 0 Å². The molecule has 0 aliphatic carbocycles. The van der Waals surface area contributed by atoms with Crippen LogP contribution >= 0.6 is 0 Å². The van der Waals surface area contributed by atoms with Gasteiger partial charge in [0.25, 0.3) is 0 Å². The number of aliphatic hydroxyl groups is 1. The molecule has 0 saturated heterocycles. The molecule has 0 bridgehead atoms. The number of methoxy groups -OCH3 is 2. The third kappa shape index (κ3) is 4.01. The molecule has 0 aliphatic heterocycles. The van der Waals surface area contributed by atoms with Crippen LogP contribution in [0.25, 0.3) is 0 Å². The lowest BCUT2D eigenvalue weighted by atomic mass is 10.0. The molecule has 0 fully saturated rings. The Morgan fingerprint density at radius 1 is 1.18 bits per heavy atom. The highest BCUT2D eigenvalue weighted by molar-refractivity contribution is 5.39. The SMILES string of the molecule is CC#CCCC(O)c1cc(OC)cc(OC)c1. The predicted molar refractivity (Wildman–Crippen MR) is 67.2 cm³/mol. The van der Waals surface area contributed by atoms with Crippen LogP contribution in [0.15, 0.2) is 18.2 Å². The first-order valence-electron chi connectivity index (χ1n) is 5.52. The minimum Gasteiger partial charge on any atom is -0.497 e. The van der Waals surface area contributed by atoms with Crippen LogP contribution in [0.4, 0.5) is 0 Å². The molecule has 92 valence electrons. The van der Waals surface area contributed by atoms with Crippen LogP contribution in [0, 0.1) is 11.8 Å². The van der Waals surface area contributed by atoms with Gasteiger partial charge < -0.3 is 14.6 Å². The maximum atomic E-state index is 10.0. The topological polar surface area (TPSA) is 38.7 Å². The summed E-state index contributed by atoms with van der Waals surface area (Å²) in [5.74, 6) is 7.10. The van der Waals surface area contributed by atoms with E-state index in [0.29, 0.717) is 24.3 Å². The number of aliphatic hydroxyl groups excluding tert-OH is 1. The fraction of sp³-hybridized carbons (Fsp3) is 0.429. The number of rotatable bonds is 5. The maximum Gasteiger partial charge on any atom is 0.122 e. The Morgan fingerprint density at radius 2 is 1.76 bits per heavy atom. The lowest BCUT2D eigenvalue weighted by Crippen LogP contribution is -1.99. The van der Waals surface area contributed by atoms with Gasteiger partial charge in [-0.25, -0.2) is 0 Å². The van der Waals surface area contributed by atoms with Gasteiger partial charge in [0.2, 0.25) is 0 Å². The molecule has 0 aromatic heterocycles. The van der Waals surface area contributed by atoms with Crippen molar-refractivity contribution in [2.24, 2.45) is 0 Å². The minimum absolute atomic E-state index is 0.542. The highest BCUT2D eigenvalue weighted by Gasteiger charge is 2.10. The van der Waals surface area contributed by atoms with E-state index >= 15 is 0 Å². The van der Waals surface area contributed by atoms with Gasteiger partial charge in [0.15, 0.2) is 0 Å². The van der Waals surface area contributed by atoms with E-state index < -0.39 is 6.10 Å². The van der Waals surface area contributed by atoms with Crippen LogP contribution in [-0.2, 0) is 0 Å². The molecule has 1 aromatic carbocycles. The molecule has 1 rings (SSSR count). The molecule has 1 N–H and O–H groups in total. The van der Waals surface area contributed by atoms with E-state index in [1.807, 2.05) is 12.1 Å². The number of hydrogen-bond donors (Lipinski definition) is 1. The lowest BCUT2D eigenvalue weighted by molar-refractivity contribution is 0.168. The van der Waals surface area contributed by atoms with Crippen molar-refractivity contribution in [2.45, 2.75) is 25.9 Å². The number of benzene rings is 1. The first-order valence-corrected chi connectivity index (χ1v) is 5.52. The Morgan fingerprint density at radius 3 is 2.24 bits per heavy atom. The van der Waals surface area contributed by atoms with Gasteiger partial charge in [-0.2, -0.15) is 0 Å². The van der Waals surface area contributed by atoms with Crippen molar-refractivity contribution in [3.63, 3.8) is 0 Å². The molecule has 0 spiro atoms. The summed E-state index contributed by atoms with van der Waals surface area (Å²) >= 11 is 0. The van der Waals surface area contributed by atoms with Gasteiger partial charge in [-0.15, -0.1) is 11.8 Å². The van der Waals surface area contributed by atoms with Crippen molar-refractivity contribution in [1.29, 1.82) is 0 Å². The van der Waals surface area contributed by atoms with E-state index in [2.05, 4.69) is 11.8 Å². The molecule has 0 amide bonds. The van der Waals surface area contributed by atoms with Crippen LogP contribution in [0.2, 0.25) is 0 Å². The van der Waals surface area contributed by atoms with Crippen molar-refractivity contribution in [2.75, 3.05) is 14.2 Å². The molecule has 0 radical (unpaired) electrons. The minimum atomic E-state index is -0.542. The third-order valence-corrected chi connectivity index (χ3v) is 2.48. The Balaban J connectivity index is 2.82. The zero-order valence-electron chi connectivity index (χ0n) is 10.5. The smallest absolute Gasteiger partial charge is 0.122 e. The summed E-state index contributed by atoms with van der Waals surface area (Å²) < 4.78 is 10.3. The molecule has 1 unspecified atom stereocenters. The van der Waals surface area contributed by atoms with Gasteiger partial charge in [0.05, 0.1) is 20.3 Å². The summed E-state index contributed by atoms with van der Waals surface area (Å²) in [6.07, 6.45) is 0.744. The van der Waals surface area contributed by atoms with Gasteiger partial charge in [0, 0.05) is 12.5 Å². The molecule has 3 nitrogen and oxygen atoms in total. The Kier molecular flexibility index (Phi) is 5.38. The predicted octanol–water partition coefficient (Wildman–Crippen LogP) is 2.54. The summed E-state index contributed by atoms with van der Waals surface area (Å²) in [6, 6.07) is 5.40. The maximum absolute atomic E-state index is 10.0. The number of ether oxygens (including phenoxy) is 2. The molecule has 0 saturated carbocycles. The second kappa shape index (κ2) is 6.82. The molecule has 17 heavy (non-hydrogen) atoms. The van der Waals surface area contributed by atoms with Crippen molar-refractivity contribution >= 4 is 0 Å².